The van der Waals surface area contributed by atoms with Crippen LogP contribution in [0.25, 0.3) is 0 Å². The van der Waals surface area contributed by atoms with Gasteiger partial charge in [-0.3, -0.25) is 0 Å². The van der Waals surface area contributed by atoms with Crippen molar-refractivity contribution in [3.05, 3.63) is 39.6 Å². The molecule has 21 heavy (non-hydrogen) atoms. The first kappa shape index (κ1) is 16.2. The Hall–Kier alpha value is -1.17. The summed E-state index contributed by atoms with van der Waals surface area (Å²) in [7, 11) is 0. The number of nitrogens with one attached hydrogen (secondary N) is 1. The minimum atomic E-state index is 0.0241. The third kappa shape index (κ3) is 4.95. The average molecular weight is 328 g/mol. The zero-order chi connectivity index (χ0) is 15.5. The molecule has 0 radical (unpaired) electrons. The Morgan fingerprint density at radius 1 is 1.24 bits per heavy atom. The van der Waals surface area contributed by atoms with Gasteiger partial charge in [0.05, 0.1) is 6.54 Å². The minimum absolute atomic E-state index is 0.0241. The first-order chi connectivity index (χ1) is 9.85. The lowest BCUT2D eigenvalue weighted by molar-refractivity contribution is 0.407. The van der Waals surface area contributed by atoms with E-state index < -0.39 is 0 Å². The molecule has 0 spiro atoms. The van der Waals surface area contributed by atoms with E-state index in [-0.39, 0.29) is 5.54 Å². The van der Waals surface area contributed by atoms with Gasteiger partial charge in [0, 0.05) is 22.1 Å². The summed E-state index contributed by atoms with van der Waals surface area (Å²) in [4.78, 5) is 0. The molecule has 0 aliphatic carbocycles. The van der Waals surface area contributed by atoms with Crippen molar-refractivity contribution in [1.82, 2.24) is 25.5 Å². The summed E-state index contributed by atoms with van der Waals surface area (Å²) >= 11 is 12.1. The summed E-state index contributed by atoms with van der Waals surface area (Å²) in [6.07, 6.45) is 0.754. The maximum absolute atomic E-state index is 6.17. The van der Waals surface area contributed by atoms with Crippen molar-refractivity contribution < 1.29 is 0 Å². The summed E-state index contributed by atoms with van der Waals surface area (Å²) in [5.74, 6) is 0.815. The SMILES string of the molecule is CC(C)(C)NCc1nnnn1CCc1ccc(Cl)cc1Cl. The summed E-state index contributed by atoms with van der Waals surface area (Å²) in [6.45, 7) is 7.62. The number of aryl methyl sites for hydroxylation is 2. The zero-order valence-electron chi connectivity index (χ0n) is 12.4. The third-order valence-corrected chi connectivity index (χ3v) is 3.58. The number of benzene rings is 1. The number of hydrogen-bond acceptors (Lipinski definition) is 4. The minimum Gasteiger partial charge on any atom is -0.305 e. The van der Waals surface area contributed by atoms with E-state index in [1.54, 1.807) is 10.7 Å². The first-order valence-corrected chi connectivity index (χ1v) is 7.55. The smallest absolute Gasteiger partial charge is 0.165 e. The molecule has 1 aromatic heterocycles. The fourth-order valence-corrected chi connectivity index (χ4v) is 2.32. The lowest BCUT2D eigenvalue weighted by Crippen LogP contribution is -2.36. The van der Waals surface area contributed by atoms with Gasteiger partial charge in [0.15, 0.2) is 5.82 Å². The van der Waals surface area contributed by atoms with Crippen molar-refractivity contribution in [2.24, 2.45) is 0 Å². The van der Waals surface area contributed by atoms with E-state index in [2.05, 4.69) is 41.6 Å². The molecule has 0 fully saturated rings. The largest absolute Gasteiger partial charge is 0.305 e. The Bertz CT molecular complexity index is 604. The highest BCUT2D eigenvalue weighted by Crippen LogP contribution is 2.21. The Morgan fingerprint density at radius 3 is 2.67 bits per heavy atom. The van der Waals surface area contributed by atoms with Crippen LogP contribution >= 0.6 is 23.2 Å². The highest BCUT2D eigenvalue weighted by molar-refractivity contribution is 6.35. The van der Waals surface area contributed by atoms with Crippen LogP contribution in [0.4, 0.5) is 0 Å². The maximum Gasteiger partial charge on any atom is 0.165 e. The normalized spacial score (nSPS) is 11.9. The van der Waals surface area contributed by atoms with Crippen molar-refractivity contribution >= 4 is 23.2 Å². The number of tetrazole rings is 1. The van der Waals surface area contributed by atoms with Crippen LogP contribution in [-0.4, -0.2) is 25.7 Å². The second-order valence-corrected chi connectivity index (χ2v) is 6.75. The van der Waals surface area contributed by atoms with E-state index in [0.717, 1.165) is 17.8 Å². The van der Waals surface area contributed by atoms with Crippen LogP contribution in [-0.2, 0) is 19.5 Å². The van der Waals surface area contributed by atoms with E-state index in [0.29, 0.717) is 23.1 Å². The topological polar surface area (TPSA) is 55.6 Å². The van der Waals surface area contributed by atoms with Crippen LogP contribution in [0.3, 0.4) is 0 Å². The summed E-state index contributed by atoms with van der Waals surface area (Å²) < 4.78 is 1.80. The predicted molar refractivity (Wildman–Crippen MR) is 84.6 cm³/mol. The quantitative estimate of drug-likeness (QED) is 0.916. The molecule has 7 heteroatoms. The average Bonchev–Trinajstić information content (AvgIpc) is 2.82. The first-order valence-electron chi connectivity index (χ1n) is 6.79. The fraction of sp³-hybridized carbons (Fsp3) is 0.500. The van der Waals surface area contributed by atoms with E-state index >= 15 is 0 Å². The van der Waals surface area contributed by atoms with Gasteiger partial charge in [0.2, 0.25) is 0 Å². The molecule has 0 saturated heterocycles. The van der Waals surface area contributed by atoms with Gasteiger partial charge in [-0.15, -0.1) is 5.10 Å². The van der Waals surface area contributed by atoms with Gasteiger partial charge in [0.25, 0.3) is 0 Å². The van der Waals surface area contributed by atoms with Crippen LogP contribution in [0.5, 0.6) is 0 Å². The molecular weight excluding hydrogens is 309 g/mol. The van der Waals surface area contributed by atoms with Gasteiger partial charge in [-0.05, 0) is 55.3 Å². The molecule has 114 valence electrons. The van der Waals surface area contributed by atoms with Gasteiger partial charge in [-0.25, -0.2) is 4.68 Å². The van der Waals surface area contributed by atoms with E-state index in [1.807, 2.05) is 12.1 Å². The molecule has 1 N–H and O–H groups in total. The summed E-state index contributed by atoms with van der Waals surface area (Å²) in [5, 5.41) is 16.5. The molecule has 1 aromatic carbocycles. The summed E-state index contributed by atoms with van der Waals surface area (Å²) in [5.41, 5.74) is 1.06. The van der Waals surface area contributed by atoms with Gasteiger partial charge in [0.1, 0.15) is 0 Å². The molecule has 5 nitrogen and oxygen atoms in total. The van der Waals surface area contributed by atoms with Crippen molar-refractivity contribution in [3.63, 3.8) is 0 Å². The van der Waals surface area contributed by atoms with Crippen molar-refractivity contribution in [1.29, 1.82) is 0 Å². The van der Waals surface area contributed by atoms with Crippen LogP contribution in [0.15, 0.2) is 18.2 Å². The highest BCUT2D eigenvalue weighted by Gasteiger charge is 2.12. The number of halogens is 2. The van der Waals surface area contributed by atoms with Gasteiger partial charge >= 0.3 is 0 Å². The van der Waals surface area contributed by atoms with Gasteiger partial charge in [-0.1, -0.05) is 29.3 Å². The van der Waals surface area contributed by atoms with Crippen LogP contribution in [0, 0.1) is 0 Å². The van der Waals surface area contributed by atoms with Crippen LogP contribution < -0.4 is 5.32 Å². The fourth-order valence-electron chi connectivity index (χ4n) is 1.82. The highest BCUT2D eigenvalue weighted by atomic mass is 35.5. The Labute approximate surface area is 134 Å². The predicted octanol–water partition coefficient (Wildman–Crippen LogP) is 3.11. The number of aromatic nitrogens is 4. The molecule has 2 aromatic rings. The Balaban J connectivity index is 1.99. The van der Waals surface area contributed by atoms with Crippen molar-refractivity contribution in [2.75, 3.05) is 0 Å². The molecule has 0 unspecified atom stereocenters. The molecule has 0 saturated carbocycles. The molecule has 1 heterocycles. The molecule has 2 rings (SSSR count). The maximum atomic E-state index is 6.17. The third-order valence-electron chi connectivity index (χ3n) is 2.99. The molecule has 0 aliphatic heterocycles. The molecule has 0 bridgehead atoms. The number of rotatable bonds is 5. The second kappa shape index (κ2) is 6.73. The lowest BCUT2D eigenvalue weighted by atomic mass is 10.1. The van der Waals surface area contributed by atoms with Crippen LogP contribution in [0.1, 0.15) is 32.2 Å². The Kier molecular flexibility index (Phi) is 5.19. The Morgan fingerprint density at radius 2 is 2.00 bits per heavy atom. The molecule has 0 atom stereocenters. The zero-order valence-corrected chi connectivity index (χ0v) is 13.9. The van der Waals surface area contributed by atoms with Crippen molar-refractivity contribution in [3.8, 4) is 0 Å². The van der Waals surface area contributed by atoms with Gasteiger partial charge < -0.3 is 5.32 Å². The summed E-state index contributed by atoms with van der Waals surface area (Å²) in [6, 6.07) is 5.52. The lowest BCUT2D eigenvalue weighted by Gasteiger charge is -2.19. The molecular formula is C14H19Cl2N5. The monoisotopic (exact) mass is 327 g/mol. The van der Waals surface area contributed by atoms with E-state index in [1.165, 1.54) is 0 Å². The van der Waals surface area contributed by atoms with E-state index in [4.69, 9.17) is 23.2 Å². The molecule has 0 aliphatic rings. The standard InChI is InChI=1S/C14H19Cl2N5/c1-14(2,3)17-9-13-18-19-20-21(13)7-6-10-4-5-11(15)8-12(10)16/h4-5,8,17H,6-7,9H2,1-3H3. The van der Waals surface area contributed by atoms with Crippen molar-refractivity contribution in [2.45, 2.75) is 45.8 Å². The number of nitrogens with zero attached hydrogens (tertiary/aromatic N) is 4. The van der Waals surface area contributed by atoms with E-state index in [9.17, 15) is 0 Å². The van der Waals surface area contributed by atoms with Gasteiger partial charge in [-0.2, -0.15) is 0 Å². The molecule has 0 amide bonds. The second-order valence-electron chi connectivity index (χ2n) is 5.91. The van der Waals surface area contributed by atoms with Crippen LogP contribution in [0.2, 0.25) is 10.0 Å². The number of hydrogen-bond donors (Lipinski definition) is 1.